The van der Waals surface area contributed by atoms with Crippen molar-refractivity contribution in [1.29, 1.82) is 0 Å². The number of halogens is 3. The van der Waals surface area contributed by atoms with Gasteiger partial charge in [-0.2, -0.15) is 13.2 Å². The minimum Gasteiger partial charge on any atom is -0.369 e. The lowest BCUT2D eigenvalue weighted by molar-refractivity contribution is -0.137. The van der Waals surface area contributed by atoms with E-state index in [9.17, 15) is 22.8 Å². The molecule has 1 N–H and O–H groups in total. The van der Waals surface area contributed by atoms with Crippen molar-refractivity contribution in [3.8, 4) is 11.1 Å². The topological polar surface area (TPSA) is 55.9 Å². The molecule has 1 aliphatic rings. The zero-order valence-electron chi connectivity index (χ0n) is 24.7. The highest BCUT2D eigenvalue weighted by atomic mass is 19.4. The molecule has 4 aromatic carbocycles. The lowest BCUT2D eigenvalue weighted by Crippen LogP contribution is -2.51. The Morgan fingerprint density at radius 3 is 2.05 bits per heavy atom. The van der Waals surface area contributed by atoms with Crippen LogP contribution in [0.4, 0.5) is 24.5 Å². The van der Waals surface area contributed by atoms with Crippen LogP contribution in [0.3, 0.4) is 0 Å². The van der Waals surface area contributed by atoms with Crippen molar-refractivity contribution in [2.24, 2.45) is 0 Å². The van der Waals surface area contributed by atoms with Gasteiger partial charge < -0.3 is 15.1 Å². The third-order valence-electron chi connectivity index (χ3n) is 7.98. The number of alkyl halides is 3. The number of hydrogen-bond donors (Lipinski definition) is 1. The molecule has 2 amide bonds. The second-order valence-corrected chi connectivity index (χ2v) is 10.7. The van der Waals surface area contributed by atoms with Gasteiger partial charge in [-0.3, -0.25) is 14.5 Å². The number of nitrogens with one attached hydrogen (secondary N) is 1. The van der Waals surface area contributed by atoms with Gasteiger partial charge in [0.05, 0.1) is 5.56 Å². The molecule has 1 saturated heterocycles. The molecule has 1 fully saturated rings. The summed E-state index contributed by atoms with van der Waals surface area (Å²) >= 11 is 0. The minimum absolute atomic E-state index is 0.00380. The number of likely N-dealkylation sites (N-methyl/N-ethyl adjacent to an activating group) is 1. The van der Waals surface area contributed by atoms with Gasteiger partial charge in [0.25, 0.3) is 5.91 Å². The molecular formula is C35H35F3N4O2. The second kappa shape index (κ2) is 13.3. The molecular weight excluding hydrogens is 565 g/mol. The van der Waals surface area contributed by atoms with Crippen LogP contribution in [0.1, 0.15) is 34.5 Å². The van der Waals surface area contributed by atoms with Gasteiger partial charge in [0.2, 0.25) is 5.91 Å². The monoisotopic (exact) mass is 600 g/mol. The number of benzene rings is 4. The third kappa shape index (κ3) is 6.78. The molecule has 0 bridgehead atoms. The number of piperazine rings is 1. The number of hydrogen-bond acceptors (Lipinski definition) is 4. The second-order valence-electron chi connectivity index (χ2n) is 10.7. The highest BCUT2D eigenvalue weighted by Crippen LogP contribution is 2.33. The van der Waals surface area contributed by atoms with Gasteiger partial charge in [-0.05, 0) is 66.1 Å². The average molecular weight is 601 g/mol. The number of amides is 2. The van der Waals surface area contributed by atoms with Crippen LogP contribution >= 0.6 is 0 Å². The molecule has 1 aliphatic heterocycles. The first kappa shape index (κ1) is 30.8. The molecule has 1 unspecified atom stereocenters. The number of carbonyl (C=O) groups is 2. The Kier molecular flexibility index (Phi) is 9.35. The summed E-state index contributed by atoms with van der Waals surface area (Å²) in [4.78, 5) is 32.6. The van der Waals surface area contributed by atoms with Crippen LogP contribution in [0.15, 0.2) is 103 Å². The Morgan fingerprint density at radius 1 is 0.818 bits per heavy atom. The van der Waals surface area contributed by atoms with Gasteiger partial charge in [0.1, 0.15) is 6.04 Å². The lowest BCUT2D eigenvalue weighted by Gasteiger charge is -2.39. The maximum Gasteiger partial charge on any atom is 0.416 e. The molecule has 0 aliphatic carbocycles. The number of rotatable bonds is 8. The highest BCUT2D eigenvalue weighted by molar-refractivity contribution is 6.10. The fourth-order valence-electron chi connectivity index (χ4n) is 5.62. The first-order chi connectivity index (χ1) is 21.2. The Morgan fingerprint density at radius 2 is 1.43 bits per heavy atom. The maximum atomic E-state index is 13.6. The molecule has 1 atom stereocenters. The van der Waals surface area contributed by atoms with Crippen LogP contribution in [-0.4, -0.2) is 56.5 Å². The largest absolute Gasteiger partial charge is 0.416 e. The Bertz CT molecular complexity index is 1570. The Labute approximate surface area is 255 Å². The van der Waals surface area contributed by atoms with Crippen molar-refractivity contribution in [2.45, 2.75) is 19.1 Å². The molecule has 9 heteroatoms. The SMILES string of the molecule is CCNC(=O)C(c1ccccc1)N1CCN(c2ccc(N(C)C(=O)c3ccccc3-c3ccc(C(F)(F)F)cc3)cc2)CC1. The van der Waals surface area contributed by atoms with Crippen LogP contribution in [0.25, 0.3) is 11.1 Å². The zero-order chi connectivity index (χ0) is 31.3. The molecule has 228 valence electrons. The van der Waals surface area contributed by atoms with Crippen LogP contribution in [0.2, 0.25) is 0 Å². The first-order valence-electron chi connectivity index (χ1n) is 14.6. The molecule has 44 heavy (non-hydrogen) atoms. The third-order valence-corrected chi connectivity index (χ3v) is 7.98. The predicted molar refractivity (Wildman–Crippen MR) is 168 cm³/mol. The van der Waals surface area contributed by atoms with Crippen LogP contribution in [-0.2, 0) is 11.0 Å². The van der Waals surface area contributed by atoms with Gasteiger partial charge in [0.15, 0.2) is 0 Å². The van der Waals surface area contributed by atoms with Gasteiger partial charge in [-0.1, -0.05) is 60.7 Å². The first-order valence-corrected chi connectivity index (χ1v) is 14.6. The normalized spacial score (nSPS) is 14.6. The molecule has 0 radical (unpaired) electrons. The van der Waals surface area contributed by atoms with E-state index in [1.54, 1.807) is 36.2 Å². The van der Waals surface area contributed by atoms with Crippen molar-refractivity contribution >= 4 is 23.2 Å². The number of nitrogens with zero attached hydrogens (tertiary/aromatic N) is 3. The maximum absolute atomic E-state index is 13.6. The summed E-state index contributed by atoms with van der Waals surface area (Å²) in [6.45, 7) is 5.43. The van der Waals surface area contributed by atoms with E-state index in [0.717, 1.165) is 49.6 Å². The fraction of sp³-hybridized carbons (Fsp3) is 0.257. The van der Waals surface area contributed by atoms with Gasteiger partial charge in [-0.15, -0.1) is 0 Å². The van der Waals surface area contributed by atoms with E-state index >= 15 is 0 Å². The summed E-state index contributed by atoms with van der Waals surface area (Å²) in [5, 5.41) is 2.97. The standard InChI is InChI=1S/C35H35F3N4O2/c1-3-39-33(43)32(26-9-5-4-6-10-26)42-23-21-41(22-24-42)29-19-17-28(18-20-29)40(2)34(44)31-12-8-7-11-30(31)25-13-15-27(16-14-25)35(36,37)38/h4-20,32H,3,21-24H2,1-2H3,(H,39,43). The predicted octanol–water partition coefficient (Wildman–Crippen LogP) is 6.65. The van der Waals surface area contributed by atoms with Gasteiger partial charge in [0, 0.05) is 56.7 Å². The van der Waals surface area contributed by atoms with Gasteiger partial charge >= 0.3 is 6.18 Å². The Hall–Kier alpha value is -4.63. The minimum atomic E-state index is -4.43. The summed E-state index contributed by atoms with van der Waals surface area (Å²) in [7, 11) is 1.69. The van der Waals surface area contributed by atoms with Crippen LogP contribution < -0.4 is 15.1 Å². The summed E-state index contributed by atoms with van der Waals surface area (Å²) in [5.74, 6) is -0.261. The fourth-order valence-corrected chi connectivity index (χ4v) is 5.62. The molecule has 6 nitrogen and oxygen atoms in total. The summed E-state index contributed by atoms with van der Waals surface area (Å²) in [6.07, 6.45) is -4.43. The average Bonchev–Trinajstić information content (AvgIpc) is 3.05. The summed E-state index contributed by atoms with van der Waals surface area (Å²) in [6, 6.07) is 29.0. The highest BCUT2D eigenvalue weighted by Gasteiger charge is 2.31. The van der Waals surface area contributed by atoms with Crippen molar-refractivity contribution in [3.05, 3.63) is 120 Å². The van der Waals surface area contributed by atoms with Crippen LogP contribution in [0.5, 0.6) is 0 Å². The van der Waals surface area contributed by atoms with Crippen LogP contribution in [0, 0.1) is 0 Å². The molecule has 5 rings (SSSR count). The van der Waals surface area contributed by atoms with E-state index < -0.39 is 11.7 Å². The van der Waals surface area contributed by atoms with E-state index in [0.29, 0.717) is 28.9 Å². The van der Waals surface area contributed by atoms with E-state index in [1.807, 2.05) is 61.5 Å². The Balaban J connectivity index is 1.26. The molecule has 0 spiro atoms. The number of carbonyl (C=O) groups excluding carboxylic acids is 2. The smallest absolute Gasteiger partial charge is 0.369 e. The van der Waals surface area contributed by atoms with Gasteiger partial charge in [-0.25, -0.2) is 0 Å². The zero-order valence-corrected chi connectivity index (χ0v) is 24.7. The summed E-state index contributed by atoms with van der Waals surface area (Å²) < 4.78 is 39.2. The lowest BCUT2D eigenvalue weighted by atomic mass is 9.97. The van der Waals surface area contributed by atoms with E-state index in [2.05, 4.69) is 15.1 Å². The van der Waals surface area contributed by atoms with Crippen molar-refractivity contribution in [2.75, 3.05) is 49.6 Å². The molecule has 0 aromatic heterocycles. The molecule has 1 heterocycles. The number of anilines is 2. The van der Waals surface area contributed by atoms with Crippen molar-refractivity contribution < 1.29 is 22.8 Å². The van der Waals surface area contributed by atoms with Crippen molar-refractivity contribution in [3.63, 3.8) is 0 Å². The summed E-state index contributed by atoms with van der Waals surface area (Å²) in [5.41, 5.74) is 3.45. The molecule has 4 aromatic rings. The quantitative estimate of drug-likeness (QED) is 0.246. The van der Waals surface area contributed by atoms with E-state index in [4.69, 9.17) is 0 Å². The van der Waals surface area contributed by atoms with E-state index in [-0.39, 0.29) is 17.9 Å². The van der Waals surface area contributed by atoms with Crippen molar-refractivity contribution in [1.82, 2.24) is 10.2 Å². The molecule has 0 saturated carbocycles. The van der Waals surface area contributed by atoms with E-state index in [1.165, 1.54) is 12.1 Å².